The summed E-state index contributed by atoms with van der Waals surface area (Å²) in [7, 11) is 1.85. The molecular weight excluding hydrogens is 288 g/mol. The number of benzene rings is 1. The summed E-state index contributed by atoms with van der Waals surface area (Å²) in [6.07, 6.45) is 0.900. The van der Waals surface area contributed by atoms with Crippen molar-refractivity contribution in [1.29, 1.82) is 0 Å². The fourth-order valence-electron chi connectivity index (χ4n) is 2.71. The lowest BCUT2D eigenvalue weighted by atomic mass is 10.0. The van der Waals surface area contributed by atoms with E-state index in [1.54, 1.807) is 4.68 Å². The zero-order valence-electron chi connectivity index (χ0n) is 13.6. The van der Waals surface area contributed by atoms with E-state index in [9.17, 15) is 4.79 Å². The molecule has 5 heteroatoms. The third-order valence-corrected chi connectivity index (χ3v) is 3.82. The van der Waals surface area contributed by atoms with Crippen LogP contribution in [0.4, 0.5) is 0 Å². The third kappa shape index (κ3) is 2.82. The minimum absolute atomic E-state index is 0.0764. The molecule has 1 aromatic carbocycles. The van der Waals surface area contributed by atoms with Crippen molar-refractivity contribution in [2.24, 2.45) is 7.05 Å². The summed E-state index contributed by atoms with van der Waals surface area (Å²) in [6, 6.07) is 11.7. The zero-order valence-corrected chi connectivity index (χ0v) is 13.6. The van der Waals surface area contributed by atoms with E-state index in [0.717, 1.165) is 34.4 Å². The van der Waals surface area contributed by atoms with E-state index in [1.807, 2.05) is 57.3 Å². The number of amides is 1. The molecule has 2 heterocycles. The normalized spacial score (nSPS) is 10.9. The largest absolute Gasteiger partial charge is 0.352 e. The van der Waals surface area contributed by atoms with Crippen molar-refractivity contribution in [3.05, 3.63) is 47.7 Å². The molecule has 23 heavy (non-hydrogen) atoms. The van der Waals surface area contributed by atoms with E-state index in [2.05, 4.69) is 10.4 Å². The van der Waals surface area contributed by atoms with Crippen molar-refractivity contribution < 1.29 is 4.79 Å². The molecule has 0 fully saturated rings. The Morgan fingerprint density at radius 2 is 2.00 bits per heavy atom. The van der Waals surface area contributed by atoms with Crippen molar-refractivity contribution in [1.82, 2.24) is 20.1 Å². The molecule has 0 saturated carbocycles. The lowest BCUT2D eigenvalue weighted by Gasteiger charge is -2.09. The minimum Gasteiger partial charge on any atom is -0.352 e. The number of aromatic nitrogens is 3. The molecule has 0 saturated heterocycles. The number of carbonyl (C=O) groups excluding carboxylic acids is 1. The van der Waals surface area contributed by atoms with Crippen molar-refractivity contribution >= 4 is 16.9 Å². The van der Waals surface area contributed by atoms with Crippen LogP contribution in [0.2, 0.25) is 0 Å². The van der Waals surface area contributed by atoms with Crippen LogP contribution in [-0.4, -0.2) is 27.2 Å². The number of carbonyl (C=O) groups is 1. The molecule has 0 spiro atoms. The average molecular weight is 308 g/mol. The molecule has 0 aliphatic carbocycles. The second kappa shape index (κ2) is 6.20. The SMILES string of the molecule is CCCNC(=O)c1cc(-c2ccccc2)nc2c1c(C)nn2C. The van der Waals surface area contributed by atoms with Crippen LogP contribution in [0.1, 0.15) is 29.4 Å². The summed E-state index contributed by atoms with van der Waals surface area (Å²) < 4.78 is 1.73. The minimum atomic E-state index is -0.0764. The zero-order chi connectivity index (χ0) is 16.4. The maximum atomic E-state index is 12.6. The first-order valence-corrected chi connectivity index (χ1v) is 7.79. The van der Waals surface area contributed by atoms with Crippen LogP contribution < -0.4 is 5.32 Å². The van der Waals surface area contributed by atoms with Crippen LogP contribution in [0, 0.1) is 6.92 Å². The molecule has 3 aromatic rings. The summed E-state index contributed by atoms with van der Waals surface area (Å²) in [5.74, 6) is -0.0764. The number of aryl methyl sites for hydroxylation is 2. The lowest BCUT2D eigenvalue weighted by Crippen LogP contribution is -2.24. The molecule has 2 aromatic heterocycles. The molecule has 0 unspecified atom stereocenters. The summed E-state index contributed by atoms with van der Waals surface area (Å²) in [4.78, 5) is 17.3. The van der Waals surface area contributed by atoms with Gasteiger partial charge in [0, 0.05) is 19.2 Å². The molecule has 1 N–H and O–H groups in total. The van der Waals surface area contributed by atoms with E-state index >= 15 is 0 Å². The number of hydrogen-bond donors (Lipinski definition) is 1. The predicted octanol–water partition coefficient (Wildman–Crippen LogP) is 3.08. The molecule has 0 aliphatic heterocycles. The van der Waals surface area contributed by atoms with Crippen molar-refractivity contribution in [2.75, 3.05) is 6.54 Å². The summed E-state index contributed by atoms with van der Waals surface area (Å²) >= 11 is 0. The van der Waals surface area contributed by atoms with Gasteiger partial charge in [-0.2, -0.15) is 5.10 Å². The number of fused-ring (bicyclic) bond motifs is 1. The van der Waals surface area contributed by atoms with Gasteiger partial charge in [0.25, 0.3) is 5.91 Å². The highest BCUT2D eigenvalue weighted by molar-refractivity contribution is 6.07. The highest BCUT2D eigenvalue weighted by atomic mass is 16.1. The van der Waals surface area contributed by atoms with Crippen LogP contribution in [0.5, 0.6) is 0 Å². The Bertz CT molecular complexity index is 852. The van der Waals surface area contributed by atoms with E-state index in [-0.39, 0.29) is 5.91 Å². The first kappa shape index (κ1) is 15.2. The Labute approximate surface area is 135 Å². The van der Waals surface area contributed by atoms with E-state index in [1.165, 1.54) is 0 Å². The highest BCUT2D eigenvalue weighted by Gasteiger charge is 2.18. The van der Waals surface area contributed by atoms with Crippen LogP contribution in [0.15, 0.2) is 36.4 Å². The second-order valence-corrected chi connectivity index (χ2v) is 5.58. The smallest absolute Gasteiger partial charge is 0.252 e. The average Bonchev–Trinajstić information content (AvgIpc) is 2.87. The van der Waals surface area contributed by atoms with Gasteiger partial charge in [-0.1, -0.05) is 37.3 Å². The van der Waals surface area contributed by atoms with Crippen LogP contribution in [0.25, 0.3) is 22.3 Å². The Balaban J connectivity index is 2.21. The Kier molecular flexibility index (Phi) is 4.10. The van der Waals surface area contributed by atoms with Gasteiger partial charge in [0.2, 0.25) is 0 Å². The molecule has 0 atom stereocenters. The Hall–Kier alpha value is -2.69. The fourth-order valence-corrected chi connectivity index (χ4v) is 2.71. The number of nitrogens with zero attached hydrogens (tertiary/aromatic N) is 3. The van der Waals surface area contributed by atoms with E-state index in [0.29, 0.717) is 12.1 Å². The predicted molar refractivity (Wildman–Crippen MR) is 91.3 cm³/mol. The lowest BCUT2D eigenvalue weighted by molar-refractivity contribution is 0.0955. The molecule has 0 radical (unpaired) electrons. The number of nitrogens with one attached hydrogen (secondary N) is 1. The highest BCUT2D eigenvalue weighted by Crippen LogP contribution is 2.26. The monoisotopic (exact) mass is 308 g/mol. The molecular formula is C18H20N4O. The first-order valence-electron chi connectivity index (χ1n) is 7.79. The van der Waals surface area contributed by atoms with Gasteiger partial charge < -0.3 is 5.32 Å². The Morgan fingerprint density at radius 3 is 2.70 bits per heavy atom. The van der Waals surface area contributed by atoms with Gasteiger partial charge in [0.1, 0.15) is 0 Å². The third-order valence-electron chi connectivity index (χ3n) is 3.82. The molecule has 0 aliphatic rings. The Morgan fingerprint density at radius 1 is 1.26 bits per heavy atom. The van der Waals surface area contributed by atoms with Crippen molar-refractivity contribution in [2.45, 2.75) is 20.3 Å². The van der Waals surface area contributed by atoms with Crippen LogP contribution in [0.3, 0.4) is 0 Å². The van der Waals surface area contributed by atoms with E-state index in [4.69, 9.17) is 4.98 Å². The van der Waals surface area contributed by atoms with Gasteiger partial charge in [-0.25, -0.2) is 4.98 Å². The molecule has 1 amide bonds. The summed E-state index contributed by atoms with van der Waals surface area (Å²) in [5.41, 5.74) is 3.94. The van der Waals surface area contributed by atoms with Gasteiger partial charge in [0.15, 0.2) is 5.65 Å². The topological polar surface area (TPSA) is 59.8 Å². The standard InChI is InChI=1S/C18H20N4O/c1-4-10-19-18(23)14-11-15(13-8-6-5-7-9-13)20-17-16(14)12(2)21-22(17)3/h5-9,11H,4,10H2,1-3H3,(H,19,23). The van der Waals surface area contributed by atoms with E-state index < -0.39 is 0 Å². The van der Waals surface area contributed by atoms with Crippen LogP contribution in [-0.2, 0) is 7.05 Å². The van der Waals surface area contributed by atoms with Crippen molar-refractivity contribution in [3.8, 4) is 11.3 Å². The number of hydrogen-bond acceptors (Lipinski definition) is 3. The second-order valence-electron chi connectivity index (χ2n) is 5.58. The maximum Gasteiger partial charge on any atom is 0.252 e. The molecule has 3 rings (SSSR count). The molecule has 118 valence electrons. The quantitative estimate of drug-likeness (QED) is 0.805. The molecule has 0 bridgehead atoms. The van der Waals surface area contributed by atoms with Crippen LogP contribution >= 0.6 is 0 Å². The van der Waals surface area contributed by atoms with Crippen molar-refractivity contribution in [3.63, 3.8) is 0 Å². The molecule has 5 nitrogen and oxygen atoms in total. The van der Waals surface area contributed by atoms with Gasteiger partial charge in [-0.3, -0.25) is 9.48 Å². The first-order chi connectivity index (χ1) is 11.1. The van der Waals surface area contributed by atoms with Gasteiger partial charge in [0.05, 0.1) is 22.3 Å². The number of pyridine rings is 1. The fraction of sp³-hybridized carbons (Fsp3) is 0.278. The summed E-state index contributed by atoms with van der Waals surface area (Å²) in [6.45, 7) is 4.60. The van der Waals surface area contributed by atoms with Gasteiger partial charge in [-0.05, 0) is 19.4 Å². The van der Waals surface area contributed by atoms with Gasteiger partial charge in [-0.15, -0.1) is 0 Å². The maximum absolute atomic E-state index is 12.6. The number of rotatable bonds is 4. The summed E-state index contributed by atoms with van der Waals surface area (Å²) in [5, 5.41) is 8.19. The van der Waals surface area contributed by atoms with Gasteiger partial charge >= 0.3 is 0 Å².